The van der Waals surface area contributed by atoms with Gasteiger partial charge in [-0.3, -0.25) is 4.79 Å². The molecule has 1 aromatic carbocycles. The van der Waals surface area contributed by atoms with Crippen LogP contribution in [0.15, 0.2) is 18.2 Å². The van der Waals surface area contributed by atoms with E-state index in [0.717, 1.165) is 5.56 Å². The highest BCUT2D eigenvalue weighted by atomic mass is 35.5. The van der Waals surface area contributed by atoms with Crippen molar-refractivity contribution in [1.82, 2.24) is 10.6 Å². The number of methoxy groups -OCH3 is 1. The maximum absolute atomic E-state index is 12.4. The van der Waals surface area contributed by atoms with Gasteiger partial charge in [-0.05, 0) is 23.6 Å². The van der Waals surface area contributed by atoms with Crippen LogP contribution in [0.3, 0.4) is 0 Å². The molecule has 5 nitrogen and oxygen atoms in total. The summed E-state index contributed by atoms with van der Waals surface area (Å²) < 4.78 is 4.56. The lowest BCUT2D eigenvalue weighted by atomic mass is 9.84. The van der Waals surface area contributed by atoms with Gasteiger partial charge in [-0.15, -0.1) is 0 Å². The van der Waals surface area contributed by atoms with Crippen LogP contribution < -0.4 is 10.6 Å². The first-order valence-electron chi connectivity index (χ1n) is 7.66. The average Bonchev–Trinajstić information content (AvgIpc) is 2.52. The predicted octanol–water partition coefficient (Wildman–Crippen LogP) is 3.77. The Morgan fingerprint density at radius 1 is 1.21 bits per heavy atom. The molecule has 0 fully saturated rings. The SMILES string of the molecule is COC(=O)NC(C(=O)NCC(C)(C)c1ccc(Cl)c(Cl)c1)C(C)C. The van der Waals surface area contributed by atoms with Crippen LogP contribution in [-0.4, -0.2) is 31.7 Å². The number of rotatable bonds is 6. The highest BCUT2D eigenvalue weighted by molar-refractivity contribution is 6.42. The van der Waals surface area contributed by atoms with E-state index in [1.165, 1.54) is 7.11 Å². The molecule has 1 atom stereocenters. The van der Waals surface area contributed by atoms with E-state index in [2.05, 4.69) is 15.4 Å². The molecule has 0 saturated carbocycles. The van der Waals surface area contributed by atoms with Gasteiger partial charge in [0.15, 0.2) is 0 Å². The third-order valence-electron chi connectivity index (χ3n) is 3.81. The third kappa shape index (κ3) is 5.56. The Labute approximate surface area is 153 Å². The fourth-order valence-corrected chi connectivity index (χ4v) is 2.46. The summed E-state index contributed by atoms with van der Waals surface area (Å²) in [6, 6.07) is 4.75. The molecule has 2 N–H and O–H groups in total. The molecule has 0 heterocycles. The van der Waals surface area contributed by atoms with Crippen molar-refractivity contribution in [2.45, 2.75) is 39.2 Å². The van der Waals surface area contributed by atoms with Crippen LogP contribution in [0, 0.1) is 5.92 Å². The molecule has 134 valence electrons. The van der Waals surface area contributed by atoms with Crippen LogP contribution in [-0.2, 0) is 14.9 Å². The van der Waals surface area contributed by atoms with Crippen LogP contribution in [0.1, 0.15) is 33.3 Å². The van der Waals surface area contributed by atoms with Gasteiger partial charge in [0.2, 0.25) is 5.91 Å². The molecule has 0 spiro atoms. The van der Waals surface area contributed by atoms with Gasteiger partial charge in [0, 0.05) is 12.0 Å². The second-order valence-corrected chi connectivity index (χ2v) is 7.40. The lowest BCUT2D eigenvalue weighted by Gasteiger charge is -2.28. The molecule has 7 heteroatoms. The smallest absolute Gasteiger partial charge is 0.407 e. The van der Waals surface area contributed by atoms with Gasteiger partial charge in [0.1, 0.15) is 6.04 Å². The highest BCUT2D eigenvalue weighted by Crippen LogP contribution is 2.29. The van der Waals surface area contributed by atoms with Crippen molar-refractivity contribution in [3.8, 4) is 0 Å². The minimum absolute atomic E-state index is 0.0720. The van der Waals surface area contributed by atoms with Crippen molar-refractivity contribution in [3.05, 3.63) is 33.8 Å². The molecule has 0 saturated heterocycles. The lowest BCUT2D eigenvalue weighted by Crippen LogP contribution is -2.51. The third-order valence-corrected chi connectivity index (χ3v) is 4.55. The van der Waals surface area contributed by atoms with Gasteiger partial charge in [0.05, 0.1) is 17.2 Å². The Bertz CT molecular complexity index is 603. The normalized spacial score (nSPS) is 12.7. The molecule has 0 aliphatic carbocycles. The van der Waals surface area contributed by atoms with E-state index >= 15 is 0 Å². The van der Waals surface area contributed by atoms with Crippen molar-refractivity contribution in [1.29, 1.82) is 0 Å². The van der Waals surface area contributed by atoms with Gasteiger partial charge < -0.3 is 15.4 Å². The fraction of sp³-hybridized carbons (Fsp3) is 0.529. The summed E-state index contributed by atoms with van der Waals surface area (Å²) in [5.74, 6) is -0.333. The zero-order chi connectivity index (χ0) is 18.5. The van der Waals surface area contributed by atoms with E-state index in [0.29, 0.717) is 16.6 Å². The number of nitrogens with one attached hydrogen (secondary N) is 2. The standard InChI is InChI=1S/C17H24Cl2N2O3/c1-10(2)14(21-16(23)24-5)15(22)20-9-17(3,4)11-6-7-12(18)13(19)8-11/h6-8,10,14H,9H2,1-5H3,(H,20,22)(H,21,23). The molecule has 0 aliphatic heterocycles. The minimum Gasteiger partial charge on any atom is -0.453 e. The van der Waals surface area contributed by atoms with E-state index in [-0.39, 0.29) is 17.2 Å². The lowest BCUT2D eigenvalue weighted by molar-refractivity contribution is -0.124. The summed E-state index contributed by atoms with van der Waals surface area (Å²) in [6.45, 7) is 8.07. The molecule has 24 heavy (non-hydrogen) atoms. The van der Waals surface area contributed by atoms with E-state index in [1.807, 2.05) is 33.8 Å². The van der Waals surface area contributed by atoms with Crippen molar-refractivity contribution < 1.29 is 14.3 Å². The van der Waals surface area contributed by atoms with Gasteiger partial charge in [-0.2, -0.15) is 0 Å². The van der Waals surface area contributed by atoms with Crippen molar-refractivity contribution in [2.75, 3.05) is 13.7 Å². The first-order chi connectivity index (χ1) is 11.1. The maximum atomic E-state index is 12.4. The molecular weight excluding hydrogens is 351 g/mol. The van der Waals surface area contributed by atoms with Crippen LogP contribution >= 0.6 is 23.2 Å². The number of benzene rings is 1. The molecule has 0 radical (unpaired) electrons. The summed E-state index contributed by atoms with van der Waals surface area (Å²) in [4.78, 5) is 23.8. The van der Waals surface area contributed by atoms with E-state index in [4.69, 9.17) is 23.2 Å². The van der Waals surface area contributed by atoms with Crippen LogP contribution in [0.5, 0.6) is 0 Å². The largest absolute Gasteiger partial charge is 0.453 e. The predicted molar refractivity (Wildman–Crippen MR) is 96.7 cm³/mol. The van der Waals surface area contributed by atoms with Crippen molar-refractivity contribution in [2.24, 2.45) is 5.92 Å². The highest BCUT2D eigenvalue weighted by Gasteiger charge is 2.27. The molecule has 0 bridgehead atoms. The summed E-state index contributed by atoms with van der Waals surface area (Å²) in [5.41, 5.74) is 0.607. The second-order valence-electron chi connectivity index (χ2n) is 6.59. The van der Waals surface area contributed by atoms with E-state index < -0.39 is 12.1 Å². The van der Waals surface area contributed by atoms with Gasteiger partial charge in [-0.1, -0.05) is 57.0 Å². The fourth-order valence-electron chi connectivity index (χ4n) is 2.16. The van der Waals surface area contributed by atoms with Gasteiger partial charge in [0.25, 0.3) is 0 Å². The maximum Gasteiger partial charge on any atom is 0.407 e. The molecule has 0 aliphatic rings. The molecule has 1 aromatic rings. The Morgan fingerprint density at radius 3 is 2.33 bits per heavy atom. The Balaban J connectivity index is 2.78. The number of hydrogen-bond donors (Lipinski definition) is 2. The number of hydrogen-bond acceptors (Lipinski definition) is 3. The first kappa shape index (κ1) is 20.6. The number of halogens is 2. The Morgan fingerprint density at radius 2 is 1.83 bits per heavy atom. The zero-order valence-corrected chi connectivity index (χ0v) is 16.1. The number of alkyl carbamates (subject to hydrolysis) is 1. The summed E-state index contributed by atoms with van der Waals surface area (Å²) in [6.07, 6.45) is -0.632. The Hall–Kier alpha value is -1.46. The molecule has 2 amide bonds. The number of carbonyl (C=O) groups is 2. The second kappa shape index (κ2) is 8.58. The topological polar surface area (TPSA) is 67.4 Å². The summed E-state index contributed by atoms with van der Waals surface area (Å²) in [7, 11) is 1.26. The number of ether oxygens (including phenoxy) is 1. The summed E-state index contributed by atoms with van der Waals surface area (Å²) in [5, 5.41) is 6.39. The molecular formula is C17H24Cl2N2O3. The Kier molecular flexibility index (Phi) is 7.36. The van der Waals surface area contributed by atoms with Crippen LogP contribution in [0.25, 0.3) is 0 Å². The molecule has 0 aromatic heterocycles. The van der Waals surface area contributed by atoms with E-state index in [9.17, 15) is 9.59 Å². The number of amides is 2. The summed E-state index contributed by atoms with van der Waals surface area (Å²) >= 11 is 12.0. The average molecular weight is 375 g/mol. The van der Waals surface area contributed by atoms with Gasteiger partial charge in [-0.25, -0.2) is 4.79 Å². The van der Waals surface area contributed by atoms with Gasteiger partial charge >= 0.3 is 6.09 Å². The molecule has 1 unspecified atom stereocenters. The monoisotopic (exact) mass is 374 g/mol. The van der Waals surface area contributed by atoms with Crippen LogP contribution in [0.2, 0.25) is 10.0 Å². The number of carbonyl (C=O) groups excluding carboxylic acids is 2. The van der Waals surface area contributed by atoms with Crippen molar-refractivity contribution in [3.63, 3.8) is 0 Å². The molecule has 1 rings (SSSR count). The zero-order valence-electron chi connectivity index (χ0n) is 14.6. The van der Waals surface area contributed by atoms with E-state index in [1.54, 1.807) is 12.1 Å². The first-order valence-corrected chi connectivity index (χ1v) is 8.42. The van der Waals surface area contributed by atoms with Crippen LogP contribution in [0.4, 0.5) is 4.79 Å². The minimum atomic E-state index is -0.665. The van der Waals surface area contributed by atoms with Crippen molar-refractivity contribution >= 4 is 35.2 Å². The quantitative estimate of drug-likeness (QED) is 0.796.